The average Bonchev–Trinajstić information content (AvgIpc) is 2.42. The van der Waals surface area contributed by atoms with Crippen LogP contribution >= 0.6 is 0 Å². The van der Waals surface area contributed by atoms with Crippen LogP contribution in [0.15, 0.2) is 30.5 Å². The van der Waals surface area contributed by atoms with E-state index in [1.165, 1.54) is 18.9 Å². The summed E-state index contributed by atoms with van der Waals surface area (Å²) in [5.74, 6) is 0.880. The zero-order valence-electron chi connectivity index (χ0n) is 9.32. The highest BCUT2D eigenvalue weighted by Crippen LogP contribution is 2.20. The summed E-state index contributed by atoms with van der Waals surface area (Å²) in [5.41, 5.74) is 3.77. The molecule has 1 fully saturated rings. The van der Waals surface area contributed by atoms with Gasteiger partial charge in [0.15, 0.2) is 15.5 Å². The molecule has 2 aliphatic rings. The number of fused-ring (bicyclic) bond motifs is 1. The van der Waals surface area contributed by atoms with E-state index >= 15 is 0 Å². The number of rotatable bonds is 0. The van der Waals surface area contributed by atoms with Crippen LogP contribution in [0.3, 0.4) is 0 Å². The van der Waals surface area contributed by atoms with Gasteiger partial charge >= 0.3 is 0 Å². The third-order valence-electron chi connectivity index (χ3n) is 2.50. The van der Waals surface area contributed by atoms with Crippen LogP contribution < -0.4 is 10.3 Å². The lowest BCUT2D eigenvalue weighted by molar-refractivity contribution is 0.239. The van der Waals surface area contributed by atoms with E-state index in [2.05, 4.69) is 5.48 Å². The minimum atomic E-state index is 0.00849. The van der Waals surface area contributed by atoms with E-state index < -0.39 is 0 Å². The molecule has 1 aromatic rings. The molecule has 0 atom stereocenters. The molecule has 2 heterocycles. The Morgan fingerprint density at radius 1 is 1.19 bits per heavy atom. The number of para-hydroxylation sites is 1. The zero-order chi connectivity index (χ0) is 11.1. The van der Waals surface area contributed by atoms with Gasteiger partial charge in [-0.1, -0.05) is 24.6 Å². The van der Waals surface area contributed by atoms with E-state index in [1.54, 1.807) is 6.20 Å². The first-order valence-electron chi connectivity index (χ1n) is 5.72. The first kappa shape index (κ1) is 11.2. The SMILES string of the molecule is C1=Cc2ccccc2ON1.C1CC[SiH2]OC1. The Bertz CT molecular complexity index is 339. The van der Waals surface area contributed by atoms with Gasteiger partial charge in [-0.2, -0.15) is 0 Å². The zero-order valence-corrected chi connectivity index (χ0v) is 10.7. The van der Waals surface area contributed by atoms with Gasteiger partial charge in [0.1, 0.15) is 0 Å². The highest BCUT2D eigenvalue weighted by atomic mass is 28.2. The highest BCUT2D eigenvalue weighted by Gasteiger charge is 2.01. The van der Waals surface area contributed by atoms with Gasteiger partial charge in [0.2, 0.25) is 0 Å². The number of nitrogens with one attached hydrogen (secondary N) is 1. The van der Waals surface area contributed by atoms with Crippen molar-refractivity contribution in [2.24, 2.45) is 0 Å². The highest BCUT2D eigenvalue weighted by molar-refractivity contribution is 6.27. The van der Waals surface area contributed by atoms with Crippen molar-refractivity contribution in [1.29, 1.82) is 0 Å². The lowest BCUT2D eigenvalue weighted by Gasteiger charge is -2.11. The molecule has 4 heteroatoms. The quantitative estimate of drug-likeness (QED) is 0.696. The molecule has 0 aromatic heterocycles. The van der Waals surface area contributed by atoms with Gasteiger partial charge in [0.05, 0.1) is 0 Å². The molecule has 1 saturated heterocycles. The van der Waals surface area contributed by atoms with Crippen LogP contribution in [0.4, 0.5) is 0 Å². The maximum absolute atomic E-state index is 5.21. The van der Waals surface area contributed by atoms with Crippen LogP contribution in [0, 0.1) is 0 Å². The molecule has 16 heavy (non-hydrogen) atoms. The molecule has 3 rings (SSSR count). The summed E-state index contributed by atoms with van der Waals surface area (Å²) in [5, 5.41) is 0. The summed E-state index contributed by atoms with van der Waals surface area (Å²) >= 11 is 0. The van der Waals surface area contributed by atoms with E-state index in [1.807, 2.05) is 30.3 Å². The second kappa shape index (κ2) is 6.35. The predicted molar refractivity (Wildman–Crippen MR) is 67.8 cm³/mol. The molecule has 0 saturated carbocycles. The van der Waals surface area contributed by atoms with Gasteiger partial charge in [-0.25, -0.2) is 5.48 Å². The van der Waals surface area contributed by atoms with Crippen molar-refractivity contribution >= 4 is 15.8 Å². The molecule has 0 amide bonds. The fraction of sp³-hybridized carbons (Fsp3) is 0.333. The molecule has 0 unspecified atom stereocenters. The molecule has 86 valence electrons. The number of hydroxylamine groups is 1. The molecule has 0 spiro atoms. The molecule has 0 radical (unpaired) electrons. The van der Waals surface area contributed by atoms with Crippen LogP contribution in [0.1, 0.15) is 18.4 Å². The van der Waals surface area contributed by atoms with Crippen molar-refractivity contribution in [2.75, 3.05) is 6.61 Å². The fourth-order valence-electron chi connectivity index (χ4n) is 1.62. The molecule has 0 aliphatic carbocycles. The topological polar surface area (TPSA) is 30.5 Å². The van der Waals surface area contributed by atoms with Gasteiger partial charge < -0.3 is 9.26 Å². The second-order valence-electron chi connectivity index (χ2n) is 3.76. The summed E-state index contributed by atoms with van der Waals surface area (Å²) in [6.45, 7) is 1.06. The van der Waals surface area contributed by atoms with Crippen molar-refractivity contribution in [1.82, 2.24) is 5.48 Å². The first-order chi connectivity index (χ1) is 7.97. The average molecular weight is 235 g/mol. The lowest BCUT2D eigenvalue weighted by atomic mass is 10.2. The molecule has 0 bridgehead atoms. The fourth-order valence-corrected chi connectivity index (χ4v) is 2.79. The molecular formula is C12H17NO2Si. The standard InChI is InChI=1S/C8H7NO.C4H10OSi/c1-2-4-8-7(3-1)5-6-9-10-8;1-2-4-6-5-3-1/h1-6,9H;1-4,6H2. The molecular weight excluding hydrogens is 218 g/mol. The number of hydrogen-bond donors (Lipinski definition) is 1. The molecule has 1 N–H and O–H groups in total. The Kier molecular flexibility index (Phi) is 4.45. The van der Waals surface area contributed by atoms with Crippen molar-refractivity contribution in [3.63, 3.8) is 0 Å². The maximum Gasteiger partial charge on any atom is 0.162 e. The summed E-state index contributed by atoms with van der Waals surface area (Å²) in [7, 11) is 0.00849. The normalized spacial score (nSPS) is 18.8. The Balaban J connectivity index is 0.000000138. The van der Waals surface area contributed by atoms with E-state index in [9.17, 15) is 0 Å². The Labute approximate surface area is 98.4 Å². The van der Waals surface area contributed by atoms with E-state index in [0.717, 1.165) is 17.9 Å². The minimum absolute atomic E-state index is 0.00849. The van der Waals surface area contributed by atoms with Crippen molar-refractivity contribution in [3.8, 4) is 5.75 Å². The van der Waals surface area contributed by atoms with Gasteiger partial charge in [0, 0.05) is 18.4 Å². The van der Waals surface area contributed by atoms with Crippen LogP contribution in [0.2, 0.25) is 6.04 Å². The third-order valence-corrected chi connectivity index (χ3v) is 3.86. The maximum atomic E-state index is 5.21. The van der Waals surface area contributed by atoms with E-state index in [0.29, 0.717) is 0 Å². The summed E-state index contributed by atoms with van der Waals surface area (Å²) in [6.07, 6.45) is 6.49. The number of benzene rings is 1. The van der Waals surface area contributed by atoms with E-state index in [-0.39, 0.29) is 9.76 Å². The van der Waals surface area contributed by atoms with E-state index in [4.69, 9.17) is 9.26 Å². The number of hydrogen-bond acceptors (Lipinski definition) is 3. The molecule has 1 aromatic carbocycles. The smallest absolute Gasteiger partial charge is 0.162 e. The summed E-state index contributed by atoms with van der Waals surface area (Å²) in [4.78, 5) is 5.09. The van der Waals surface area contributed by atoms with Crippen LogP contribution in [0.5, 0.6) is 5.75 Å². The van der Waals surface area contributed by atoms with Gasteiger partial charge in [-0.05, 0) is 24.6 Å². The van der Waals surface area contributed by atoms with Gasteiger partial charge in [-0.3, -0.25) is 0 Å². The molecule has 2 aliphatic heterocycles. The summed E-state index contributed by atoms with van der Waals surface area (Å²) < 4.78 is 5.21. The summed E-state index contributed by atoms with van der Waals surface area (Å²) in [6, 6.07) is 9.27. The monoisotopic (exact) mass is 235 g/mol. The van der Waals surface area contributed by atoms with Crippen molar-refractivity contribution in [3.05, 3.63) is 36.0 Å². The third kappa shape index (κ3) is 3.39. The first-order valence-corrected chi connectivity index (χ1v) is 7.30. The Hall–Kier alpha value is -1.26. The predicted octanol–water partition coefficient (Wildman–Crippen LogP) is 1.85. The molecule has 3 nitrogen and oxygen atoms in total. The van der Waals surface area contributed by atoms with Crippen LogP contribution in [0.25, 0.3) is 6.08 Å². The lowest BCUT2D eigenvalue weighted by Crippen LogP contribution is -2.13. The Morgan fingerprint density at radius 2 is 2.12 bits per heavy atom. The largest absolute Gasteiger partial charge is 0.424 e. The Morgan fingerprint density at radius 3 is 2.75 bits per heavy atom. The second-order valence-corrected chi connectivity index (χ2v) is 5.29. The minimum Gasteiger partial charge on any atom is -0.424 e. The van der Waals surface area contributed by atoms with Crippen LogP contribution in [-0.4, -0.2) is 16.4 Å². The van der Waals surface area contributed by atoms with Crippen LogP contribution in [-0.2, 0) is 4.43 Å². The van der Waals surface area contributed by atoms with Gasteiger partial charge in [0.25, 0.3) is 0 Å². The van der Waals surface area contributed by atoms with Crippen molar-refractivity contribution < 1.29 is 9.26 Å². The van der Waals surface area contributed by atoms with Crippen molar-refractivity contribution in [2.45, 2.75) is 18.9 Å². The van der Waals surface area contributed by atoms with Gasteiger partial charge in [-0.15, -0.1) is 0 Å².